The Morgan fingerprint density at radius 2 is 2.21 bits per heavy atom. The number of carbonyl (C=O) groups excluding carboxylic acids is 1. The standard InChI is InChI=1S/C16H18ClN3O3S/c1-4-11-9(2)15(22)20-16(19-11)24-8-14(21)18-12-7-10(17)5-6-13(12)23-3/h5-7H,4,8H2,1-3H3,(H,18,21)(H,19,20,22). The molecule has 0 aliphatic carbocycles. The van der Waals surface area contributed by atoms with Gasteiger partial charge in [0.2, 0.25) is 5.91 Å². The number of aryl methyl sites for hydroxylation is 1. The molecule has 0 unspecified atom stereocenters. The fraction of sp³-hybridized carbons (Fsp3) is 0.312. The number of H-pyrrole nitrogens is 1. The largest absolute Gasteiger partial charge is 0.495 e. The summed E-state index contributed by atoms with van der Waals surface area (Å²) in [5.41, 5.74) is 1.66. The van der Waals surface area contributed by atoms with E-state index < -0.39 is 0 Å². The van der Waals surface area contributed by atoms with Gasteiger partial charge in [0.25, 0.3) is 5.56 Å². The lowest BCUT2D eigenvalue weighted by atomic mass is 10.2. The van der Waals surface area contributed by atoms with Gasteiger partial charge in [0.1, 0.15) is 5.75 Å². The number of benzene rings is 1. The summed E-state index contributed by atoms with van der Waals surface area (Å²) < 4.78 is 5.18. The summed E-state index contributed by atoms with van der Waals surface area (Å²) in [6, 6.07) is 4.97. The number of halogens is 1. The van der Waals surface area contributed by atoms with Gasteiger partial charge in [0.05, 0.1) is 24.2 Å². The lowest BCUT2D eigenvalue weighted by Gasteiger charge is -2.10. The van der Waals surface area contributed by atoms with Gasteiger partial charge >= 0.3 is 0 Å². The van der Waals surface area contributed by atoms with Crippen LogP contribution in [-0.4, -0.2) is 28.7 Å². The Morgan fingerprint density at radius 1 is 1.46 bits per heavy atom. The summed E-state index contributed by atoms with van der Waals surface area (Å²) >= 11 is 7.10. The fourth-order valence-corrected chi connectivity index (χ4v) is 2.92. The first-order valence-corrected chi connectivity index (χ1v) is 8.67. The van der Waals surface area contributed by atoms with Crippen LogP contribution < -0.4 is 15.6 Å². The summed E-state index contributed by atoms with van der Waals surface area (Å²) in [7, 11) is 1.51. The zero-order valence-electron chi connectivity index (χ0n) is 13.6. The van der Waals surface area contributed by atoms with Crippen LogP contribution in [-0.2, 0) is 11.2 Å². The first-order chi connectivity index (χ1) is 11.4. The van der Waals surface area contributed by atoms with Crippen LogP contribution in [0.3, 0.4) is 0 Å². The van der Waals surface area contributed by atoms with E-state index in [1.54, 1.807) is 25.1 Å². The van der Waals surface area contributed by atoms with E-state index >= 15 is 0 Å². The molecule has 1 aromatic heterocycles. The van der Waals surface area contributed by atoms with Gasteiger partial charge < -0.3 is 15.0 Å². The van der Waals surface area contributed by atoms with E-state index in [1.165, 1.54) is 18.9 Å². The van der Waals surface area contributed by atoms with Gasteiger partial charge in [0.15, 0.2) is 5.16 Å². The van der Waals surface area contributed by atoms with E-state index in [1.807, 2.05) is 6.92 Å². The van der Waals surface area contributed by atoms with Crippen molar-refractivity contribution < 1.29 is 9.53 Å². The van der Waals surface area contributed by atoms with E-state index in [-0.39, 0.29) is 17.2 Å². The molecule has 128 valence electrons. The molecule has 0 spiro atoms. The molecule has 0 aliphatic heterocycles. The van der Waals surface area contributed by atoms with Crippen molar-refractivity contribution in [1.82, 2.24) is 9.97 Å². The molecule has 0 saturated carbocycles. The van der Waals surface area contributed by atoms with Crippen LogP contribution in [0.1, 0.15) is 18.2 Å². The van der Waals surface area contributed by atoms with Gasteiger partial charge in [-0.25, -0.2) is 4.98 Å². The van der Waals surface area contributed by atoms with Crippen molar-refractivity contribution in [2.75, 3.05) is 18.2 Å². The number of hydrogen-bond donors (Lipinski definition) is 2. The average Bonchev–Trinajstić information content (AvgIpc) is 2.56. The summed E-state index contributed by atoms with van der Waals surface area (Å²) in [6.07, 6.45) is 0.662. The van der Waals surface area contributed by atoms with E-state index in [0.29, 0.717) is 33.6 Å². The predicted molar refractivity (Wildman–Crippen MR) is 96.3 cm³/mol. The second-order valence-electron chi connectivity index (χ2n) is 4.98. The maximum atomic E-state index is 12.1. The molecule has 0 fully saturated rings. The molecule has 1 heterocycles. The van der Waals surface area contributed by atoms with E-state index in [4.69, 9.17) is 16.3 Å². The van der Waals surface area contributed by atoms with Crippen molar-refractivity contribution in [3.63, 3.8) is 0 Å². The number of ether oxygens (including phenoxy) is 1. The molecule has 1 aromatic carbocycles. The van der Waals surface area contributed by atoms with Crippen molar-refractivity contribution in [2.24, 2.45) is 0 Å². The smallest absolute Gasteiger partial charge is 0.254 e. The van der Waals surface area contributed by atoms with Crippen LogP contribution in [0.25, 0.3) is 0 Å². The molecular weight excluding hydrogens is 350 g/mol. The lowest BCUT2D eigenvalue weighted by molar-refractivity contribution is -0.113. The van der Waals surface area contributed by atoms with E-state index in [2.05, 4.69) is 15.3 Å². The third-order valence-corrected chi connectivity index (χ3v) is 4.45. The van der Waals surface area contributed by atoms with Crippen molar-refractivity contribution in [3.05, 3.63) is 44.8 Å². The Labute approximate surface area is 149 Å². The number of nitrogens with zero attached hydrogens (tertiary/aromatic N) is 1. The van der Waals surface area contributed by atoms with Crippen molar-refractivity contribution in [1.29, 1.82) is 0 Å². The minimum Gasteiger partial charge on any atom is -0.495 e. The molecule has 0 bridgehead atoms. The summed E-state index contributed by atoms with van der Waals surface area (Å²) in [4.78, 5) is 31.0. The van der Waals surface area contributed by atoms with Crippen LogP contribution in [0.15, 0.2) is 28.2 Å². The number of hydrogen-bond acceptors (Lipinski definition) is 5. The van der Waals surface area contributed by atoms with Gasteiger partial charge in [-0.15, -0.1) is 0 Å². The first kappa shape index (κ1) is 18.4. The number of aromatic nitrogens is 2. The monoisotopic (exact) mass is 367 g/mol. The zero-order chi connectivity index (χ0) is 17.7. The molecule has 0 atom stereocenters. The third kappa shape index (κ3) is 4.52. The highest BCUT2D eigenvalue weighted by molar-refractivity contribution is 7.99. The van der Waals surface area contributed by atoms with Gasteiger partial charge in [-0.2, -0.15) is 0 Å². The second kappa shape index (κ2) is 8.21. The molecule has 2 rings (SSSR count). The number of nitrogens with one attached hydrogen (secondary N) is 2. The first-order valence-electron chi connectivity index (χ1n) is 7.30. The number of anilines is 1. The van der Waals surface area contributed by atoms with Gasteiger partial charge in [-0.1, -0.05) is 30.3 Å². The maximum absolute atomic E-state index is 12.1. The Hall–Kier alpha value is -1.99. The van der Waals surface area contributed by atoms with Crippen LogP contribution in [0.4, 0.5) is 5.69 Å². The number of aromatic amines is 1. The van der Waals surface area contributed by atoms with Gasteiger partial charge in [-0.3, -0.25) is 9.59 Å². The van der Waals surface area contributed by atoms with Gasteiger partial charge in [-0.05, 0) is 31.5 Å². The highest BCUT2D eigenvalue weighted by atomic mass is 35.5. The number of methoxy groups -OCH3 is 1. The SMILES string of the molecule is CCc1nc(SCC(=O)Nc2cc(Cl)ccc2OC)[nH]c(=O)c1C. The Morgan fingerprint density at radius 3 is 2.88 bits per heavy atom. The molecule has 2 N–H and O–H groups in total. The number of rotatable bonds is 6. The number of amides is 1. The normalized spacial score (nSPS) is 10.5. The molecule has 6 nitrogen and oxygen atoms in total. The zero-order valence-corrected chi connectivity index (χ0v) is 15.2. The topological polar surface area (TPSA) is 84.1 Å². The Kier molecular flexibility index (Phi) is 6.28. The van der Waals surface area contributed by atoms with Crippen LogP contribution in [0.2, 0.25) is 5.02 Å². The van der Waals surface area contributed by atoms with Crippen molar-refractivity contribution >= 4 is 35.0 Å². The molecule has 1 amide bonds. The average molecular weight is 368 g/mol. The highest BCUT2D eigenvalue weighted by Gasteiger charge is 2.11. The fourth-order valence-electron chi connectivity index (χ4n) is 2.07. The molecule has 0 radical (unpaired) electrons. The third-order valence-electron chi connectivity index (χ3n) is 3.34. The second-order valence-corrected chi connectivity index (χ2v) is 6.38. The quantitative estimate of drug-likeness (QED) is 0.605. The number of carbonyl (C=O) groups is 1. The van der Waals surface area contributed by atoms with Crippen molar-refractivity contribution in [3.8, 4) is 5.75 Å². The Bertz CT molecular complexity index is 808. The maximum Gasteiger partial charge on any atom is 0.254 e. The van der Waals surface area contributed by atoms with Gasteiger partial charge in [0, 0.05) is 10.6 Å². The highest BCUT2D eigenvalue weighted by Crippen LogP contribution is 2.28. The summed E-state index contributed by atoms with van der Waals surface area (Å²) in [5, 5.41) is 3.66. The molecular formula is C16H18ClN3O3S. The summed E-state index contributed by atoms with van der Waals surface area (Å²) in [6.45, 7) is 3.67. The molecule has 0 aliphatic rings. The molecule has 2 aromatic rings. The van der Waals surface area contributed by atoms with E-state index in [0.717, 1.165) is 5.69 Å². The minimum absolute atomic E-state index is 0.102. The van der Waals surface area contributed by atoms with Crippen LogP contribution in [0, 0.1) is 6.92 Å². The number of thioether (sulfide) groups is 1. The molecule has 0 saturated heterocycles. The molecule has 8 heteroatoms. The van der Waals surface area contributed by atoms with Crippen LogP contribution in [0.5, 0.6) is 5.75 Å². The predicted octanol–water partition coefficient (Wildman–Crippen LogP) is 3.03. The minimum atomic E-state index is -0.248. The molecule has 24 heavy (non-hydrogen) atoms. The van der Waals surface area contributed by atoms with Crippen molar-refractivity contribution in [2.45, 2.75) is 25.4 Å². The lowest BCUT2D eigenvalue weighted by Crippen LogP contribution is -2.18. The van der Waals surface area contributed by atoms with Crippen LogP contribution >= 0.6 is 23.4 Å². The summed E-state index contributed by atoms with van der Waals surface area (Å²) in [5.74, 6) is 0.375. The van der Waals surface area contributed by atoms with E-state index in [9.17, 15) is 9.59 Å². The Balaban J connectivity index is 2.05.